The first-order valence-corrected chi connectivity index (χ1v) is 15.5. The van der Waals surface area contributed by atoms with E-state index in [1.807, 2.05) is 13.8 Å². The molecule has 0 bridgehead atoms. The summed E-state index contributed by atoms with van der Waals surface area (Å²) in [5, 5.41) is 9.82. The lowest BCUT2D eigenvalue weighted by Gasteiger charge is -2.20. The Balaban J connectivity index is 4.74. The van der Waals surface area contributed by atoms with Gasteiger partial charge in [0.25, 0.3) is 0 Å². The number of rotatable bonds is 18. The van der Waals surface area contributed by atoms with Gasteiger partial charge in [-0.15, -0.1) is 0 Å². The Hall–Kier alpha value is -3.20. The van der Waals surface area contributed by atoms with Crippen molar-refractivity contribution in [1.29, 1.82) is 0 Å². The second-order valence-corrected chi connectivity index (χ2v) is 12.6. The first-order valence-electron chi connectivity index (χ1n) is 15.5. The standard InChI is InChI=1S/C41H60O2/c1-34(22-14-24-36(3)26-16-28-38(5)30-18-32-40(7,8)42)20-12-13-21-35(2)23-15-25-37(4)27-17-29-39(6)31-19-33-41(9,10)43-11/h12-17,19-29,31,42H,18,30,32-33H2,1-11H3/b13-12+,22-14+,23-15+,26-16+,27-17+,31-19+,34-20-,35-21-,36-24-,37-25-,38-28+,39-29+. The van der Waals surface area contributed by atoms with Gasteiger partial charge >= 0.3 is 0 Å². The summed E-state index contributed by atoms with van der Waals surface area (Å²) in [6.07, 6.45) is 41.8. The monoisotopic (exact) mass is 584 g/mol. The topological polar surface area (TPSA) is 29.5 Å². The molecule has 0 aromatic carbocycles. The second kappa shape index (κ2) is 22.4. The summed E-state index contributed by atoms with van der Waals surface area (Å²) in [6.45, 7) is 20.6. The van der Waals surface area contributed by atoms with Crippen molar-refractivity contribution >= 4 is 0 Å². The molecule has 0 spiro atoms. The van der Waals surface area contributed by atoms with Gasteiger partial charge in [0.05, 0.1) is 11.2 Å². The van der Waals surface area contributed by atoms with Crippen LogP contribution in [0.15, 0.2) is 143 Å². The molecule has 0 atom stereocenters. The van der Waals surface area contributed by atoms with E-state index in [0.717, 1.165) is 25.7 Å². The molecule has 0 saturated heterocycles. The van der Waals surface area contributed by atoms with Gasteiger partial charge < -0.3 is 9.84 Å². The molecule has 0 aliphatic rings. The van der Waals surface area contributed by atoms with Crippen molar-refractivity contribution in [3.05, 3.63) is 143 Å². The molecule has 0 heterocycles. The Morgan fingerprint density at radius 1 is 0.558 bits per heavy atom. The summed E-state index contributed by atoms with van der Waals surface area (Å²) >= 11 is 0. The fourth-order valence-electron chi connectivity index (χ4n) is 3.61. The molecule has 0 saturated carbocycles. The van der Waals surface area contributed by atoms with Crippen molar-refractivity contribution in [3.8, 4) is 0 Å². The predicted molar refractivity (Wildman–Crippen MR) is 193 cm³/mol. The zero-order valence-corrected chi connectivity index (χ0v) is 29.1. The molecule has 0 amide bonds. The Kier molecular flexibility index (Phi) is 20.7. The molecule has 43 heavy (non-hydrogen) atoms. The molecular formula is C41H60O2. The van der Waals surface area contributed by atoms with Gasteiger partial charge in [0.15, 0.2) is 0 Å². The van der Waals surface area contributed by atoms with Crippen molar-refractivity contribution in [1.82, 2.24) is 0 Å². The van der Waals surface area contributed by atoms with Crippen molar-refractivity contribution in [3.63, 3.8) is 0 Å². The van der Waals surface area contributed by atoms with Crippen LogP contribution in [0, 0.1) is 0 Å². The van der Waals surface area contributed by atoms with E-state index in [2.05, 4.69) is 165 Å². The molecule has 236 valence electrons. The average molecular weight is 585 g/mol. The van der Waals surface area contributed by atoms with E-state index in [1.165, 1.54) is 33.4 Å². The van der Waals surface area contributed by atoms with Gasteiger partial charge in [0.1, 0.15) is 0 Å². The third kappa shape index (κ3) is 26.2. The van der Waals surface area contributed by atoms with E-state index in [1.54, 1.807) is 7.11 Å². The first kappa shape index (κ1) is 39.8. The van der Waals surface area contributed by atoms with E-state index >= 15 is 0 Å². The fourth-order valence-corrected chi connectivity index (χ4v) is 3.61. The Morgan fingerprint density at radius 2 is 0.930 bits per heavy atom. The highest BCUT2D eigenvalue weighted by molar-refractivity contribution is 5.33. The maximum atomic E-state index is 9.82. The smallest absolute Gasteiger partial charge is 0.0657 e. The summed E-state index contributed by atoms with van der Waals surface area (Å²) in [6, 6.07) is 0. The maximum absolute atomic E-state index is 9.82. The molecule has 1 N–H and O–H groups in total. The lowest BCUT2D eigenvalue weighted by Crippen LogP contribution is -2.20. The van der Waals surface area contributed by atoms with Crippen molar-refractivity contribution < 1.29 is 9.84 Å². The minimum Gasteiger partial charge on any atom is -0.390 e. The van der Waals surface area contributed by atoms with Crippen molar-refractivity contribution in [2.45, 2.75) is 106 Å². The highest BCUT2D eigenvalue weighted by Crippen LogP contribution is 2.16. The van der Waals surface area contributed by atoms with Gasteiger partial charge in [-0.25, -0.2) is 0 Å². The average Bonchev–Trinajstić information content (AvgIpc) is 2.90. The van der Waals surface area contributed by atoms with Crippen molar-refractivity contribution in [2.75, 3.05) is 7.11 Å². The number of aliphatic hydroxyl groups is 1. The summed E-state index contributed by atoms with van der Waals surface area (Å²) in [5.41, 5.74) is 6.63. The summed E-state index contributed by atoms with van der Waals surface area (Å²) in [7, 11) is 1.75. The third-order valence-electron chi connectivity index (χ3n) is 6.63. The fraction of sp³-hybridized carbons (Fsp3) is 0.415. The number of hydrogen-bond acceptors (Lipinski definition) is 2. The molecule has 0 aliphatic heterocycles. The predicted octanol–water partition coefficient (Wildman–Crippen LogP) is 11.8. The van der Waals surface area contributed by atoms with Gasteiger partial charge in [-0.05, 0) is 94.9 Å². The highest BCUT2D eigenvalue weighted by Gasteiger charge is 2.13. The molecule has 0 unspecified atom stereocenters. The van der Waals surface area contributed by atoms with Gasteiger partial charge in [0.2, 0.25) is 0 Å². The van der Waals surface area contributed by atoms with Crippen LogP contribution in [0.1, 0.15) is 94.9 Å². The summed E-state index contributed by atoms with van der Waals surface area (Å²) < 4.78 is 5.45. The maximum Gasteiger partial charge on any atom is 0.0657 e. The molecule has 0 aliphatic carbocycles. The lowest BCUT2D eigenvalue weighted by molar-refractivity contribution is 0.0255. The molecule has 2 nitrogen and oxygen atoms in total. The van der Waals surface area contributed by atoms with Gasteiger partial charge in [0, 0.05) is 7.11 Å². The molecule has 2 heteroatoms. The largest absolute Gasteiger partial charge is 0.390 e. The quantitative estimate of drug-likeness (QED) is 0.162. The third-order valence-corrected chi connectivity index (χ3v) is 6.63. The van der Waals surface area contributed by atoms with E-state index in [-0.39, 0.29) is 5.60 Å². The van der Waals surface area contributed by atoms with Gasteiger partial charge in [-0.2, -0.15) is 0 Å². The van der Waals surface area contributed by atoms with Gasteiger partial charge in [-0.1, -0.05) is 143 Å². The SMILES string of the molecule is COC(C)(C)C/C=C/C(C)=C/C=C/C(C)=C\C=C\C(C)=C/C=C/C=C(C)\C=C\C=C(C)/C=C/C=C(\C)CCCC(C)(C)O. The number of hydrogen-bond donors (Lipinski definition) is 1. The van der Waals surface area contributed by atoms with Crippen LogP contribution in [0.4, 0.5) is 0 Å². The minimum absolute atomic E-state index is 0.124. The van der Waals surface area contributed by atoms with Crippen LogP contribution in [-0.2, 0) is 4.74 Å². The molecule has 0 radical (unpaired) electrons. The van der Waals surface area contributed by atoms with E-state index in [4.69, 9.17) is 4.74 Å². The molecule has 0 rings (SSSR count). The Morgan fingerprint density at radius 3 is 1.33 bits per heavy atom. The number of allylic oxidation sites excluding steroid dienone is 23. The Bertz CT molecular complexity index is 1190. The highest BCUT2D eigenvalue weighted by atomic mass is 16.5. The summed E-state index contributed by atoms with van der Waals surface area (Å²) in [4.78, 5) is 0. The van der Waals surface area contributed by atoms with Crippen LogP contribution in [-0.4, -0.2) is 23.4 Å². The number of methoxy groups -OCH3 is 1. The first-order chi connectivity index (χ1) is 20.1. The summed E-state index contributed by atoms with van der Waals surface area (Å²) in [5.74, 6) is 0. The van der Waals surface area contributed by atoms with Crippen LogP contribution in [0.5, 0.6) is 0 Å². The van der Waals surface area contributed by atoms with Crippen LogP contribution in [0.25, 0.3) is 0 Å². The normalized spacial score (nSPS) is 16.2. The minimum atomic E-state index is -0.578. The van der Waals surface area contributed by atoms with Crippen LogP contribution in [0.3, 0.4) is 0 Å². The zero-order chi connectivity index (χ0) is 32.7. The van der Waals surface area contributed by atoms with Gasteiger partial charge in [-0.3, -0.25) is 0 Å². The Labute approximate surface area is 265 Å². The number of ether oxygens (including phenoxy) is 1. The zero-order valence-electron chi connectivity index (χ0n) is 29.1. The molecule has 0 fully saturated rings. The van der Waals surface area contributed by atoms with Crippen molar-refractivity contribution in [2.24, 2.45) is 0 Å². The second-order valence-electron chi connectivity index (χ2n) is 12.6. The molecule has 0 aromatic rings. The molecule has 0 aromatic heterocycles. The van der Waals surface area contributed by atoms with E-state index in [0.29, 0.717) is 0 Å². The lowest BCUT2D eigenvalue weighted by atomic mass is 9.99. The molecular weight excluding hydrogens is 524 g/mol. The van der Waals surface area contributed by atoms with E-state index < -0.39 is 5.60 Å². The van der Waals surface area contributed by atoms with E-state index in [9.17, 15) is 5.11 Å². The van der Waals surface area contributed by atoms with Crippen LogP contribution in [0.2, 0.25) is 0 Å². The van der Waals surface area contributed by atoms with Crippen LogP contribution < -0.4 is 0 Å². The van der Waals surface area contributed by atoms with Crippen LogP contribution >= 0.6 is 0 Å².